The molecule has 1 nitrogen and oxygen atoms in total. The molecule has 0 saturated carbocycles. The van der Waals surface area contributed by atoms with Gasteiger partial charge in [0.25, 0.3) is 0 Å². The minimum atomic E-state index is -0.121. The van der Waals surface area contributed by atoms with Gasteiger partial charge in [-0.25, -0.2) is 0 Å². The van der Waals surface area contributed by atoms with Gasteiger partial charge in [0.2, 0.25) is 0 Å². The molecular formula is C55H44O. The molecule has 270 valence electrons. The van der Waals surface area contributed by atoms with Gasteiger partial charge in [0.15, 0.2) is 0 Å². The van der Waals surface area contributed by atoms with E-state index in [-0.39, 0.29) is 5.41 Å². The molecule has 1 heteroatoms. The fraction of sp³-hybridized carbons (Fsp3) is 0.127. The molecular weight excluding hydrogens is 677 g/mol. The zero-order valence-corrected chi connectivity index (χ0v) is 32.3. The monoisotopic (exact) mass is 720 g/mol. The Morgan fingerprint density at radius 1 is 0.589 bits per heavy atom. The van der Waals surface area contributed by atoms with Crippen molar-refractivity contribution < 1.29 is 4.42 Å². The molecule has 2 aliphatic rings. The summed E-state index contributed by atoms with van der Waals surface area (Å²) in [6, 6.07) is 46.4. The van der Waals surface area contributed by atoms with Crippen molar-refractivity contribution in [2.24, 2.45) is 0 Å². The Bertz CT molecular complexity index is 3000. The highest BCUT2D eigenvalue weighted by atomic mass is 16.3. The molecule has 0 spiro atoms. The van der Waals surface area contributed by atoms with Crippen molar-refractivity contribution in [2.45, 2.75) is 45.4 Å². The minimum Gasteiger partial charge on any atom is -0.456 e. The summed E-state index contributed by atoms with van der Waals surface area (Å²) in [5, 5.41) is 10.1. The summed E-state index contributed by atoms with van der Waals surface area (Å²) in [6.45, 7) is 7.10. The van der Waals surface area contributed by atoms with Gasteiger partial charge < -0.3 is 4.42 Å². The third-order valence-corrected chi connectivity index (χ3v) is 12.3. The van der Waals surface area contributed by atoms with Crippen molar-refractivity contribution in [3.05, 3.63) is 209 Å². The molecule has 0 fully saturated rings. The van der Waals surface area contributed by atoms with Crippen LogP contribution in [0.5, 0.6) is 0 Å². The number of hydrogen-bond acceptors (Lipinski definition) is 1. The van der Waals surface area contributed by atoms with E-state index in [4.69, 9.17) is 4.42 Å². The average Bonchev–Trinajstić information content (AvgIpc) is 3.72. The van der Waals surface area contributed by atoms with Crippen LogP contribution in [0.1, 0.15) is 61.4 Å². The molecule has 0 unspecified atom stereocenters. The van der Waals surface area contributed by atoms with Gasteiger partial charge in [-0.05, 0) is 121 Å². The maximum Gasteiger partial charge on any atom is 0.136 e. The molecule has 0 amide bonds. The Kier molecular flexibility index (Phi) is 8.33. The summed E-state index contributed by atoms with van der Waals surface area (Å²) in [5.74, 6) is 0. The molecule has 10 rings (SSSR count). The second-order valence-electron chi connectivity index (χ2n) is 16.0. The lowest BCUT2D eigenvalue weighted by molar-refractivity contribution is 0.649. The van der Waals surface area contributed by atoms with Crippen LogP contribution in [0, 0.1) is 0 Å². The maximum absolute atomic E-state index is 6.27. The quantitative estimate of drug-likeness (QED) is 0.165. The van der Waals surface area contributed by atoms with Crippen LogP contribution in [0.4, 0.5) is 0 Å². The zero-order valence-electron chi connectivity index (χ0n) is 32.3. The minimum absolute atomic E-state index is 0.121. The maximum atomic E-state index is 6.27. The number of allylic oxidation sites excluding steroid dienone is 12. The smallest absolute Gasteiger partial charge is 0.136 e. The van der Waals surface area contributed by atoms with Crippen LogP contribution in [0.2, 0.25) is 0 Å². The second kappa shape index (κ2) is 13.7. The number of furan rings is 1. The average molecular weight is 721 g/mol. The van der Waals surface area contributed by atoms with Gasteiger partial charge in [-0.3, -0.25) is 0 Å². The molecule has 1 heterocycles. The van der Waals surface area contributed by atoms with Gasteiger partial charge in [0.05, 0.1) is 0 Å². The Balaban J connectivity index is 1.09. The van der Waals surface area contributed by atoms with E-state index in [2.05, 4.69) is 191 Å². The molecule has 2 aliphatic carbocycles. The molecule has 0 atom stereocenters. The zero-order chi connectivity index (χ0) is 37.8. The molecule has 0 bridgehead atoms. The van der Waals surface area contributed by atoms with Crippen LogP contribution in [-0.4, -0.2) is 0 Å². The van der Waals surface area contributed by atoms with Gasteiger partial charge in [-0.2, -0.15) is 0 Å². The van der Waals surface area contributed by atoms with Crippen LogP contribution in [0.3, 0.4) is 0 Å². The van der Waals surface area contributed by atoms with E-state index in [0.29, 0.717) is 0 Å². The molecule has 0 aliphatic heterocycles. The number of hydrogen-bond donors (Lipinski definition) is 0. The fourth-order valence-electron chi connectivity index (χ4n) is 9.47. The molecule has 56 heavy (non-hydrogen) atoms. The summed E-state index contributed by atoms with van der Waals surface area (Å²) in [5.41, 5.74) is 13.9. The molecule has 8 aromatic rings. The third-order valence-electron chi connectivity index (χ3n) is 12.3. The van der Waals surface area contributed by atoms with Crippen LogP contribution >= 0.6 is 0 Å². The first-order valence-corrected chi connectivity index (χ1v) is 19.9. The summed E-state index contributed by atoms with van der Waals surface area (Å²) in [7, 11) is 0. The summed E-state index contributed by atoms with van der Waals surface area (Å²) >= 11 is 0. The Hall–Kier alpha value is -6.44. The first-order chi connectivity index (χ1) is 27.5. The predicted molar refractivity (Wildman–Crippen MR) is 241 cm³/mol. The molecule has 0 radical (unpaired) electrons. The van der Waals surface area contributed by atoms with Crippen molar-refractivity contribution in [3.63, 3.8) is 0 Å². The van der Waals surface area contributed by atoms with Crippen LogP contribution in [0.15, 0.2) is 186 Å². The highest BCUT2D eigenvalue weighted by molar-refractivity contribution is 6.16. The largest absolute Gasteiger partial charge is 0.456 e. The number of fused-ring (bicyclic) bond motifs is 8. The summed E-state index contributed by atoms with van der Waals surface area (Å²) in [6.07, 6.45) is 21.1. The highest BCUT2D eigenvalue weighted by Crippen LogP contribution is 2.48. The van der Waals surface area contributed by atoms with E-state index in [0.717, 1.165) is 30.4 Å². The number of para-hydroxylation sites is 1. The topological polar surface area (TPSA) is 13.1 Å². The van der Waals surface area contributed by atoms with Crippen molar-refractivity contribution in [1.82, 2.24) is 0 Å². The van der Waals surface area contributed by atoms with Gasteiger partial charge in [-0.15, -0.1) is 0 Å². The lowest BCUT2D eigenvalue weighted by Gasteiger charge is -2.24. The second-order valence-corrected chi connectivity index (χ2v) is 16.0. The first-order valence-electron chi connectivity index (χ1n) is 19.9. The van der Waals surface area contributed by atoms with Crippen molar-refractivity contribution in [1.29, 1.82) is 0 Å². The standard InChI is InChI=1S/C55H44O/c1-36(27-32-42-33-41-31-30-40-34-51-49(35-48(40)54(41)55(42,2)3)43-21-15-16-26-50(43)56-51)52-44-22-11-13-24-46(44)53(47-25-14-12-23-45(47)52)39-20-8-5-4-7-19-38(28-29-39)37-17-9-6-10-18-37/h4-18,21-32,34-35H,19-20,33H2,1-3H3/b7-4-,8-5-,36-27+,38-28+,39-29+,42-32+. The molecule has 0 saturated heterocycles. The van der Waals surface area contributed by atoms with E-state index in [9.17, 15) is 0 Å². The van der Waals surface area contributed by atoms with Crippen molar-refractivity contribution >= 4 is 71.0 Å². The van der Waals surface area contributed by atoms with E-state index in [1.165, 1.54) is 93.2 Å². The molecule has 0 N–H and O–H groups in total. The van der Waals surface area contributed by atoms with E-state index >= 15 is 0 Å². The van der Waals surface area contributed by atoms with Crippen molar-refractivity contribution in [3.8, 4) is 0 Å². The van der Waals surface area contributed by atoms with E-state index < -0.39 is 0 Å². The lowest BCUT2D eigenvalue weighted by atomic mass is 9.80. The van der Waals surface area contributed by atoms with Gasteiger partial charge >= 0.3 is 0 Å². The van der Waals surface area contributed by atoms with E-state index in [1.54, 1.807) is 0 Å². The normalized spacial score (nSPS) is 19.6. The Labute approximate surface area is 329 Å². The molecule has 7 aromatic carbocycles. The van der Waals surface area contributed by atoms with Crippen molar-refractivity contribution in [2.75, 3.05) is 0 Å². The SMILES string of the molecule is C/C(=C\C=C1/Cc2ccc3cc4oc5ccccc5c4cc3c2C1(C)C)c1c2ccccc2c(/C2=C/C=C(/c3ccccc3)C/C=C\C=C/C2)c2ccccc12. The predicted octanol–water partition coefficient (Wildman–Crippen LogP) is 15.3. The van der Waals surface area contributed by atoms with E-state index in [1.807, 2.05) is 6.07 Å². The first kappa shape index (κ1) is 34.1. The lowest BCUT2D eigenvalue weighted by Crippen LogP contribution is -2.15. The van der Waals surface area contributed by atoms with Gasteiger partial charge in [0.1, 0.15) is 11.2 Å². The number of benzene rings is 7. The van der Waals surface area contributed by atoms with Crippen LogP contribution in [0.25, 0.3) is 71.0 Å². The van der Waals surface area contributed by atoms with Gasteiger partial charge in [-0.1, -0.05) is 177 Å². The van der Waals surface area contributed by atoms with Gasteiger partial charge in [0, 0.05) is 16.2 Å². The fourth-order valence-corrected chi connectivity index (χ4v) is 9.47. The highest BCUT2D eigenvalue weighted by Gasteiger charge is 2.36. The Morgan fingerprint density at radius 2 is 1.21 bits per heavy atom. The van der Waals surface area contributed by atoms with Crippen LogP contribution < -0.4 is 0 Å². The molecule has 1 aromatic heterocycles. The number of rotatable bonds is 4. The Morgan fingerprint density at radius 3 is 1.95 bits per heavy atom. The third kappa shape index (κ3) is 5.69. The summed E-state index contributed by atoms with van der Waals surface area (Å²) < 4.78 is 6.27. The summed E-state index contributed by atoms with van der Waals surface area (Å²) in [4.78, 5) is 0. The van der Waals surface area contributed by atoms with Crippen LogP contribution in [-0.2, 0) is 11.8 Å².